The molecule has 2 aromatic heterocycles. The van der Waals surface area contributed by atoms with Crippen LogP contribution in [0.5, 0.6) is 11.5 Å². The van der Waals surface area contributed by atoms with E-state index in [-0.39, 0.29) is 44.0 Å². The van der Waals surface area contributed by atoms with E-state index in [1.807, 2.05) is 0 Å². The van der Waals surface area contributed by atoms with Crippen LogP contribution in [-0.2, 0) is 20.9 Å². The fourth-order valence-electron chi connectivity index (χ4n) is 6.70. The van der Waals surface area contributed by atoms with Crippen molar-refractivity contribution in [3.05, 3.63) is 67.3 Å². The molecule has 4 amide bonds. The monoisotopic (exact) mass is 862 g/mol. The SMILES string of the molecule is CN1CC[C@@](O)(C#Cc2ccc3c(c2)-c2nc(C(N)=O)sc2[C@@](F)(CO)CO3)C1=O.CN1CC[C@@](O)(C#Cc2ccc3c(c2)-c2nc(C(N)=O)sc2[C@](F)(CO)CO3)C1=O. The fourth-order valence-corrected chi connectivity index (χ4v) is 8.68. The van der Waals surface area contributed by atoms with Crippen LogP contribution in [0.15, 0.2) is 36.4 Å². The number of benzene rings is 2. The number of fused-ring (bicyclic) bond motifs is 6. The molecule has 4 aliphatic rings. The molecule has 16 nitrogen and oxygen atoms in total. The maximum Gasteiger partial charge on any atom is 0.277 e. The van der Waals surface area contributed by atoms with Gasteiger partial charge in [-0.05, 0) is 36.4 Å². The number of aliphatic hydroxyl groups is 4. The molecule has 0 saturated carbocycles. The van der Waals surface area contributed by atoms with Gasteiger partial charge in [-0.1, -0.05) is 23.7 Å². The van der Waals surface area contributed by atoms with Crippen LogP contribution in [0.4, 0.5) is 8.78 Å². The van der Waals surface area contributed by atoms with E-state index in [4.69, 9.17) is 20.9 Å². The van der Waals surface area contributed by atoms with Gasteiger partial charge in [-0.3, -0.25) is 19.2 Å². The van der Waals surface area contributed by atoms with Gasteiger partial charge in [-0.25, -0.2) is 18.7 Å². The Bertz CT molecular complexity index is 2420. The minimum Gasteiger partial charge on any atom is -0.489 e. The van der Waals surface area contributed by atoms with Crippen LogP contribution in [0.3, 0.4) is 0 Å². The molecular formula is C40H36F2N6O10S2. The Kier molecular flexibility index (Phi) is 10.9. The Morgan fingerprint density at radius 3 is 1.45 bits per heavy atom. The molecule has 0 bridgehead atoms. The Labute approximate surface area is 348 Å². The second-order valence-corrected chi connectivity index (χ2v) is 16.5. The van der Waals surface area contributed by atoms with Crippen LogP contribution in [0, 0.1) is 23.7 Å². The van der Waals surface area contributed by atoms with Crippen molar-refractivity contribution in [1.29, 1.82) is 0 Å². The molecular weight excluding hydrogens is 827 g/mol. The first-order valence-electron chi connectivity index (χ1n) is 18.1. The fraction of sp³-hybridized carbons (Fsp3) is 0.350. The standard InChI is InChI=1S/2C20H18FN3O5S/c2*1-24-7-6-20(28,18(24)27)5-4-11-2-3-13-12(8-11)14-15(19(21,9-25)10-29-13)30-17(23-14)16(22)26/h2*2-3,8,25,28H,6-7,9-10H2,1H3,(H2,22,26)/t19-,20+;19-,20-/m10/s1. The molecule has 8 N–H and O–H groups in total. The van der Waals surface area contributed by atoms with E-state index in [1.54, 1.807) is 50.5 Å². The summed E-state index contributed by atoms with van der Waals surface area (Å²) >= 11 is 1.53. The van der Waals surface area contributed by atoms with E-state index in [0.717, 1.165) is 22.7 Å². The van der Waals surface area contributed by atoms with Crippen LogP contribution in [-0.4, -0.2) is 129 Å². The summed E-state index contributed by atoms with van der Waals surface area (Å²) < 4.78 is 41.7. The number of hydrogen-bond acceptors (Lipinski definition) is 14. The number of nitrogens with zero attached hydrogens (tertiary/aromatic N) is 4. The summed E-state index contributed by atoms with van der Waals surface area (Å²) in [5.74, 6) is 8.85. The maximum atomic E-state index is 15.3. The zero-order valence-electron chi connectivity index (χ0n) is 31.9. The summed E-state index contributed by atoms with van der Waals surface area (Å²) in [7, 11) is 3.18. The number of amides is 4. The molecule has 4 atom stereocenters. The molecule has 2 fully saturated rings. The topological polar surface area (TPSA) is 252 Å². The van der Waals surface area contributed by atoms with Crippen LogP contribution in [0.25, 0.3) is 22.5 Å². The van der Waals surface area contributed by atoms with Gasteiger partial charge in [-0.2, -0.15) is 0 Å². The molecule has 20 heteroatoms. The lowest BCUT2D eigenvalue weighted by Crippen LogP contribution is -2.37. The Hall–Kier alpha value is -6.00. The van der Waals surface area contributed by atoms with Gasteiger partial charge in [0.2, 0.25) is 22.5 Å². The van der Waals surface area contributed by atoms with E-state index >= 15 is 8.78 Å². The van der Waals surface area contributed by atoms with E-state index < -0.39 is 72.6 Å². The highest BCUT2D eigenvalue weighted by molar-refractivity contribution is 7.14. The molecule has 2 aromatic carbocycles. The first kappa shape index (κ1) is 42.1. The predicted octanol–water partition coefficient (Wildman–Crippen LogP) is 0.806. The number of halogens is 2. The number of thiazole rings is 2. The van der Waals surface area contributed by atoms with Crippen molar-refractivity contribution in [3.63, 3.8) is 0 Å². The quantitative estimate of drug-likeness (QED) is 0.156. The second-order valence-electron chi connectivity index (χ2n) is 14.5. The predicted molar refractivity (Wildman–Crippen MR) is 211 cm³/mol. The highest BCUT2D eigenvalue weighted by Crippen LogP contribution is 2.47. The molecule has 0 spiro atoms. The first-order chi connectivity index (χ1) is 28.3. The number of ether oxygens (including phenoxy) is 2. The zero-order chi connectivity index (χ0) is 43.4. The van der Waals surface area contributed by atoms with Gasteiger partial charge in [-0.15, -0.1) is 22.7 Å². The normalized spacial score (nSPS) is 24.9. The molecule has 0 aliphatic carbocycles. The van der Waals surface area contributed by atoms with Crippen LogP contribution >= 0.6 is 22.7 Å². The molecule has 6 heterocycles. The van der Waals surface area contributed by atoms with Crippen LogP contribution < -0.4 is 20.9 Å². The number of nitrogens with two attached hydrogens (primary N) is 2. The van der Waals surface area contributed by atoms with E-state index in [0.29, 0.717) is 46.8 Å². The first-order valence-corrected chi connectivity index (χ1v) is 19.8. The molecule has 4 aliphatic heterocycles. The average Bonchev–Trinajstić information content (AvgIpc) is 3.99. The lowest BCUT2D eigenvalue weighted by molar-refractivity contribution is -0.138. The molecule has 4 aromatic rings. The summed E-state index contributed by atoms with van der Waals surface area (Å²) in [5.41, 5.74) is 4.49. The Morgan fingerprint density at radius 2 is 1.13 bits per heavy atom. The molecule has 0 unspecified atom stereocenters. The molecule has 60 heavy (non-hydrogen) atoms. The summed E-state index contributed by atoms with van der Waals surface area (Å²) in [4.78, 5) is 58.6. The van der Waals surface area contributed by atoms with Gasteiger partial charge in [0.05, 0.1) is 34.4 Å². The van der Waals surface area contributed by atoms with Crippen molar-refractivity contribution in [3.8, 4) is 57.7 Å². The van der Waals surface area contributed by atoms with Crippen molar-refractivity contribution in [2.75, 3.05) is 53.6 Å². The highest BCUT2D eigenvalue weighted by atomic mass is 32.1. The number of likely N-dealkylation sites (N-methyl/N-ethyl adjacent to an activating group) is 2. The third-order valence-electron chi connectivity index (χ3n) is 10.2. The Balaban J connectivity index is 0.000000181. The highest BCUT2D eigenvalue weighted by Gasteiger charge is 2.45. The van der Waals surface area contributed by atoms with Crippen molar-refractivity contribution in [2.24, 2.45) is 11.5 Å². The van der Waals surface area contributed by atoms with Gasteiger partial charge in [0.1, 0.15) is 24.7 Å². The van der Waals surface area contributed by atoms with Gasteiger partial charge in [0.15, 0.2) is 10.0 Å². The third kappa shape index (κ3) is 7.53. The molecule has 2 saturated heterocycles. The number of likely N-dealkylation sites (tertiary alicyclic amines) is 2. The summed E-state index contributed by atoms with van der Waals surface area (Å²) in [6.07, 6.45) is 0.394. The average molecular weight is 863 g/mol. The minimum absolute atomic E-state index is 0.0360. The third-order valence-corrected chi connectivity index (χ3v) is 12.7. The maximum absolute atomic E-state index is 15.3. The summed E-state index contributed by atoms with van der Waals surface area (Å²) in [6, 6.07) is 9.46. The van der Waals surface area contributed by atoms with Crippen molar-refractivity contribution in [1.82, 2.24) is 19.8 Å². The summed E-state index contributed by atoms with van der Waals surface area (Å²) in [6.45, 7) is -1.84. The minimum atomic E-state index is -2.25. The lowest BCUT2D eigenvalue weighted by Gasteiger charge is -2.19. The van der Waals surface area contributed by atoms with E-state index in [1.165, 1.54) is 9.80 Å². The smallest absolute Gasteiger partial charge is 0.277 e. The van der Waals surface area contributed by atoms with Crippen LogP contribution in [0.2, 0.25) is 0 Å². The second kappa shape index (κ2) is 15.6. The van der Waals surface area contributed by atoms with Gasteiger partial charge in [0, 0.05) is 62.3 Å². The van der Waals surface area contributed by atoms with Crippen molar-refractivity contribution in [2.45, 2.75) is 35.4 Å². The molecule has 8 rings (SSSR count). The van der Waals surface area contributed by atoms with E-state index in [9.17, 15) is 39.6 Å². The number of primary amides is 2. The van der Waals surface area contributed by atoms with Crippen LogP contribution in [0.1, 0.15) is 53.3 Å². The summed E-state index contributed by atoms with van der Waals surface area (Å²) in [5, 5.41) is 40.0. The van der Waals surface area contributed by atoms with E-state index in [2.05, 4.69) is 33.6 Å². The number of alkyl halides is 2. The number of rotatable bonds is 4. The molecule has 312 valence electrons. The van der Waals surface area contributed by atoms with Crippen molar-refractivity contribution < 1.29 is 57.9 Å². The lowest BCUT2D eigenvalue weighted by atomic mass is 9.99. The van der Waals surface area contributed by atoms with Crippen molar-refractivity contribution >= 4 is 46.3 Å². The molecule has 0 radical (unpaired) electrons. The largest absolute Gasteiger partial charge is 0.489 e. The number of aliphatic hydroxyl groups excluding tert-OH is 2. The number of carbonyl (C=O) groups excluding carboxylic acids is 4. The van der Waals surface area contributed by atoms with Gasteiger partial charge < -0.3 is 51.2 Å². The zero-order valence-corrected chi connectivity index (χ0v) is 33.5. The number of aromatic nitrogens is 2. The Morgan fingerprint density at radius 1 is 0.750 bits per heavy atom. The van der Waals surface area contributed by atoms with Gasteiger partial charge in [0.25, 0.3) is 23.6 Å². The number of hydrogen-bond donors (Lipinski definition) is 6. The van der Waals surface area contributed by atoms with Gasteiger partial charge >= 0.3 is 0 Å². The number of carbonyl (C=O) groups is 4.